The summed E-state index contributed by atoms with van der Waals surface area (Å²) in [5.41, 5.74) is 6.34. The fourth-order valence-electron chi connectivity index (χ4n) is 1.72. The van der Waals surface area contributed by atoms with Crippen LogP contribution in [0.1, 0.15) is 26.2 Å². The van der Waals surface area contributed by atoms with Gasteiger partial charge in [0.25, 0.3) is 0 Å². The fourth-order valence-corrected chi connectivity index (χ4v) is 1.72. The molecule has 0 aliphatic heterocycles. The minimum absolute atomic E-state index is 0.0205. The second-order valence-corrected chi connectivity index (χ2v) is 4.49. The standard InChI is InChI=1S/C14H22N2O3/c1-10(15)5-4-6-14(17)16-11-7-8-12(18-2)13(9-11)19-3/h7-10H,4-6,15H2,1-3H3,(H,16,17). The summed E-state index contributed by atoms with van der Waals surface area (Å²) in [6, 6.07) is 5.41. The molecule has 0 heterocycles. The van der Waals surface area contributed by atoms with Gasteiger partial charge in [0.1, 0.15) is 0 Å². The minimum Gasteiger partial charge on any atom is -0.493 e. The van der Waals surface area contributed by atoms with E-state index in [-0.39, 0.29) is 11.9 Å². The van der Waals surface area contributed by atoms with Crippen LogP contribution in [0.4, 0.5) is 5.69 Å². The summed E-state index contributed by atoms with van der Waals surface area (Å²) in [7, 11) is 3.14. The van der Waals surface area contributed by atoms with Gasteiger partial charge in [-0.2, -0.15) is 0 Å². The number of ether oxygens (including phenoxy) is 2. The van der Waals surface area contributed by atoms with Gasteiger partial charge in [-0.3, -0.25) is 4.79 Å². The molecule has 19 heavy (non-hydrogen) atoms. The molecular weight excluding hydrogens is 244 g/mol. The number of hydrogen-bond donors (Lipinski definition) is 2. The van der Waals surface area contributed by atoms with E-state index in [4.69, 9.17) is 15.2 Å². The monoisotopic (exact) mass is 266 g/mol. The molecule has 5 heteroatoms. The van der Waals surface area contributed by atoms with E-state index in [9.17, 15) is 4.79 Å². The van der Waals surface area contributed by atoms with E-state index in [0.29, 0.717) is 23.6 Å². The number of hydrogen-bond acceptors (Lipinski definition) is 4. The zero-order valence-corrected chi connectivity index (χ0v) is 11.7. The molecule has 3 N–H and O–H groups in total. The van der Waals surface area contributed by atoms with Crippen molar-refractivity contribution in [3.05, 3.63) is 18.2 Å². The highest BCUT2D eigenvalue weighted by molar-refractivity contribution is 5.91. The lowest BCUT2D eigenvalue weighted by Gasteiger charge is -2.10. The van der Waals surface area contributed by atoms with Gasteiger partial charge in [0.2, 0.25) is 5.91 Å². The van der Waals surface area contributed by atoms with Crippen LogP contribution in [0.2, 0.25) is 0 Å². The number of nitrogens with two attached hydrogens (primary N) is 1. The first kappa shape index (κ1) is 15.3. The summed E-state index contributed by atoms with van der Waals surface area (Å²) in [5, 5.41) is 2.83. The van der Waals surface area contributed by atoms with Crippen molar-refractivity contribution in [2.75, 3.05) is 19.5 Å². The lowest BCUT2D eigenvalue weighted by molar-refractivity contribution is -0.116. The topological polar surface area (TPSA) is 73.6 Å². The Kier molecular flexibility index (Phi) is 6.15. The number of nitrogens with one attached hydrogen (secondary N) is 1. The van der Waals surface area contributed by atoms with Crippen LogP contribution in [0.5, 0.6) is 11.5 Å². The zero-order valence-electron chi connectivity index (χ0n) is 11.7. The first-order chi connectivity index (χ1) is 9.06. The maximum Gasteiger partial charge on any atom is 0.224 e. The SMILES string of the molecule is COc1ccc(NC(=O)CCCC(C)N)cc1OC. The van der Waals surface area contributed by atoms with Crippen molar-refractivity contribution in [1.29, 1.82) is 0 Å². The number of methoxy groups -OCH3 is 2. The number of carbonyl (C=O) groups excluding carboxylic acids is 1. The molecule has 0 radical (unpaired) electrons. The van der Waals surface area contributed by atoms with E-state index >= 15 is 0 Å². The number of benzene rings is 1. The Morgan fingerprint density at radius 2 is 2.00 bits per heavy atom. The summed E-state index contributed by atoms with van der Waals surface area (Å²) in [6.07, 6.45) is 2.10. The average Bonchev–Trinajstić information content (AvgIpc) is 2.38. The van der Waals surface area contributed by atoms with Gasteiger partial charge in [-0.05, 0) is 31.9 Å². The van der Waals surface area contributed by atoms with Gasteiger partial charge in [-0.25, -0.2) is 0 Å². The molecule has 0 fully saturated rings. The number of carbonyl (C=O) groups is 1. The van der Waals surface area contributed by atoms with Crippen molar-refractivity contribution in [3.8, 4) is 11.5 Å². The van der Waals surface area contributed by atoms with Gasteiger partial charge in [0.05, 0.1) is 14.2 Å². The first-order valence-electron chi connectivity index (χ1n) is 6.34. The lowest BCUT2D eigenvalue weighted by atomic mass is 10.1. The van der Waals surface area contributed by atoms with Crippen molar-refractivity contribution < 1.29 is 14.3 Å². The summed E-state index contributed by atoms with van der Waals surface area (Å²) >= 11 is 0. The summed E-state index contributed by atoms with van der Waals surface area (Å²) in [6.45, 7) is 1.94. The predicted octanol–water partition coefficient (Wildman–Crippen LogP) is 2.16. The Morgan fingerprint density at radius 3 is 2.58 bits per heavy atom. The molecule has 0 aliphatic rings. The van der Waals surface area contributed by atoms with Crippen LogP contribution in [0.15, 0.2) is 18.2 Å². The third-order valence-electron chi connectivity index (χ3n) is 2.73. The summed E-state index contributed by atoms with van der Waals surface area (Å²) in [5.74, 6) is 1.21. The normalized spacial score (nSPS) is 11.8. The van der Waals surface area contributed by atoms with E-state index in [1.54, 1.807) is 32.4 Å². The van der Waals surface area contributed by atoms with Gasteiger partial charge < -0.3 is 20.5 Å². The second kappa shape index (κ2) is 7.63. The maximum absolute atomic E-state index is 11.7. The third-order valence-corrected chi connectivity index (χ3v) is 2.73. The van der Waals surface area contributed by atoms with E-state index < -0.39 is 0 Å². The minimum atomic E-state index is -0.0205. The van der Waals surface area contributed by atoms with E-state index in [1.165, 1.54) is 0 Å². The van der Waals surface area contributed by atoms with Gasteiger partial charge in [0, 0.05) is 24.2 Å². The quantitative estimate of drug-likeness (QED) is 0.793. The lowest BCUT2D eigenvalue weighted by Crippen LogP contribution is -2.16. The van der Waals surface area contributed by atoms with Crippen molar-refractivity contribution in [3.63, 3.8) is 0 Å². The van der Waals surface area contributed by atoms with Crippen molar-refractivity contribution in [2.45, 2.75) is 32.2 Å². The van der Waals surface area contributed by atoms with E-state index in [1.807, 2.05) is 6.92 Å². The fraction of sp³-hybridized carbons (Fsp3) is 0.500. The molecule has 1 amide bonds. The number of anilines is 1. The molecule has 0 aliphatic carbocycles. The predicted molar refractivity (Wildman–Crippen MR) is 75.7 cm³/mol. The molecule has 0 spiro atoms. The molecule has 0 bridgehead atoms. The Bertz CT molecular complexity index is 419. The smallest absolute Gasteiger partial charge is 0.224 e. The highest BCUT2D eigenvalue weighted by Gasteiger charge is 2.07. The molecule has 1 aromatic rings. The zero-order chi connectivity index (χ0) is 14.3. The van der Waals surface area contributed by atoms with Gasteiger partial charge in [-0.1, -0.05) is 0 Å². The Morgan fingerprint density at radius 1 is 1.32 bits per heavy atom. The molecular formula is C14H22N2O3. The Labute approximate surface area is 114 Å². The Balaban J connectivity index is 2.54. The average molecular weight is 266 g/mol. The van der Waals surface area contributed by atoms with Gasteiger partial charge in [-0.15, -0.1) is 0 Å². The highest BCUT2D eigenvalue weighted by atomic mass is 16.5. The van der Waals surface area contributed by atoms with Gasteiger partial charge >= 0.3 is 0 Å². The molecule has 1 rings (SSSR count). The van der Waals surface area contributed by atoms with Crippen molar-refractivity contribution >= 4 is 11.6 Å². The van der Waals surface area contributed by atoms with Crippen molar-refractivity contribution in [1.82, 2.24) is 0 Å². The van der Waals surface area contributed by atoms with Crippen LogP contribution >= 0.6 is 0 Å². The van der Waals surface area contributed by atoms with Crippen LogP contribution in [-0.4, -0.2) is 26.2 Å². The first-order valence-corrected chi connectivity index (χ1v) is 6.34. The molecule has 1 atom stereocenters. The van der Waals surface area contributed by atoms with E-state index in [2.05, 4.69) is 5.32 Å². The molecule has 0 saturated carbocycles. The van der Waals surface area contributed by atoms with Crippen molar-refractivity contribution in [2.24, 2.45) is 5.73 Å². The van der Waals surface area contributed by atoms with Crippen LogP contribution in [-0.2, 0) is 4.79 Å². The molecule has 0 saturated heterocycles. The summed E-state index contributed by atoms with van der Waals surface area (Å²) < 4.78 is 10.3. The maximum atomic E-state index is 11.7. The van der Waals surface area contributed by atoms with Crippen LogP contribution in [0, 0.1) is 0 Å². The highest BCUT2D eigenvalue weighted by Crippen LogP contribution is 2.29. The third kappa shape index (κ3) is 5.18. The molecule has 5 nitrogen and oxygen atoms in total. The van der Waals surface area contributed by atoms with Crippen LogP contribution in [0.3, 0.4) is 0 Å². The molecule has 1 unspecified atom stereocenters. The molecule has 0 aromatic heterocycles. The Hall–Kier alpha value is -1.75. The molecule has 106 valence electrons. The number of rotatable bonds is 7. The number of amides is 1. The van der Waals surface area contributed by atoms with E-state index in [0.717, 1.165) is 12.8 Å². The summed E-state index contributed by atoms with van der Waals surface area (Å²) in [4.78, 5) is 11.7. The largest absolute Gasteiger partial charge is 0.493 e. The second-order valence-electron chi connectivity index (χ2n) is 4.49. The van der Waals surface area contributed by atoms with Gasteiger partial charge in [0.15, 0.2) is 11.5 Å². The van der Waals surface area contributed by atoms with Crippen LogP contribution < -0.4 is 20.5 Å². The van der Waals surface area contributed by atoms with Crippen LogP contribution in [0.25, 0.3) is 0 Å². The molecule has 1 aromatic carbocycles.